The second-order valence-corrected chi connectivity index (χ2v) is 11.0. The number of aromatic nitrogens is 2. The summed E-state index contributed by atoms with van der Waals surface area (Å²) in [4.78, 5) is 54.3. The quantitative estimate of drug-likeness (QED) is 0.128. The molecule has 0 saturated heterocycles. The van der Waals surface area contributed by atoms with Crippen LogP contribution in [0.3, 0.4) is 0 Å². The molecule has 4 aromatic rings. The van der Waals surface area contributed by atoms with Crippen LogP contribution in [-0.2, 0) is 35.8 Å². The van der Waals surface area contributed by atoms with Crippen LogP contribution in [0.1, 0.15) is 38.8 Å². The van der Waals surface area contributed by atoms with Gasteiger partial charge in [0.25, 0.3) is 22.9 Å². The second kappa shape index (κ2) is 18.9. The average Bonchev–Trinajstić information content (AvgIpc) is 3.12. The van der Waals surface area contributed by atoms with Gasteiger partial charge in [0.1, 0.15) is 19.4 Å². The number of methoxy groups -OCH3 is 2. The fourth-order valence-electron chi connectivity index (χ4n) is 4.83. The third-order valence-electron chi connectivity index (χ3n) is 7.46. The van der Waals surface area contributed by atoms with Gasteiger partial charge in [-0.2, -0.15) is 0 Å². The molecule has 49 heavy (non-hydrogen) atoms. The molecule has 3 N–H and O–H groups in total. The molecule has 0 spiro atoms. The van der Waals surface area contributed by atoms with Gasteiger partial charge >= 0.3 is 0 Å². The van der Waals surface area contributed by atoms with Crippen molar-refractivity contribution in [3.8, 4) is 11.5 Å². The van der Waals surface area contributed by atoms with Crippen LogP contribution >= 0.6 is 0 Å². The number of pyridine rings is 2. The summed E-state index contributed by atoms with van der Waals surface area (Å²) in [5, 5.41) is 8.72. The van der Waals surface area contributed by atoms with Gasteiger partial charge in [0.05, 0.1) is 24.3 Å². The summed E-state index contributed by atoms with van der Waals surface area (Å²) in [7, 11) is 3.06. The summed E-state index contributed by atoms with van der Waals surface area (Å²) < 4.78 is 24.9. The molecule has 2 aromatic heterocycles. The number of carbonyl (C=O) groups excluding carboxylic acids is 2. The summed E-state index contributed by atoms with van der Waals surface area (Å²) in [6, 6.07) is 21.5. The van der Waals surface area contributed by atoms with Crippen LogP contribution in [0.25, 0.3) is 0 Å². The first-order valence-electron chi connectivity index (χ1n) is 16.0. The Kier molecular flexibility index (Phi) is 14.1. The largest absolute Gasteiger partial charge is 0.482 e. The van der Waals surface area contributed by atoms with Crippen molar-refractivity contribution in [2.24, 2.45) is 0 Å². The third kappa shape index (κ3) is 10.4. The zero-order chi connectivity index (χ0) is 35.0. The number of benzene rings is 2. The molecule has 0 aliphatic heterocycles. The third-order valence-corrected chi connectivity index (χ3v) is 7.46. The number of hydrogen-bond acceptors (Lipinski definition) is 9. The lowest BCUT2D eigenvalue weighted by Crippen LogP contribution is -2.53. The first-order valence-corrected chi connectivity index (χ1v) is 16.0. The predicted octanol–water partition coefficient (Wildman–Crippen LogP) is 2.56. The van der Waals surface area contributed by atoms with Crippen LogP contribution < -0.4 is 36.5 Å². The SMILES string of the molecule is CCNCC(NC(=O)c1ccn(CCOC)c(=O)c1OCc1ccccc1)NC(=O)c1ccn(CCOC)c(=O)c1OCc1ccccc1. The van der Waals surface area contributed by atoms with E-state index in [1.165, 1.54) is 47.9 Å². The van der Waals surface area contributed by atoms with Gasteiger partial charge in [0, 0.05) is 46.2 Å². The minimum atomic E-state index is -0.948. The average molecular weight is 674 g/mol. The van der Waals surface area contributed by atoms with Crippen molar-refractivity contribution in [3.63, 3.8) is 0 Å². The molecule has 0 aliphatic rings. The van der Waals surface area contributed by atoms with E-state index in [1.54, 1.807) is 0 Å². The summed E-state index contributed by atoms with van der Waals surface area (Å²) >= 11 is 0. The van der Waals surface area contributed by atoms with E-state index in [1.807, 2.05) is 67.6 Å². The van der Waals surface area contributed by atoms with E-state index >= 15 is 0 Å². The van der Waals surface area contributed by atoms with Gasteiger partial charge in [0.15, 0.2) is 11.5 Å². The lowest BCUT2D eigenvalue weighted by molar-refractivity contribution is 0.0878. The lowest BCUT2D eigenvalue weighted by Gasteiger charge is -2.22. The molecule has 0 atom stereocenters. The second-order valence-electron chi connectivity index (χ2n) is 11.0. The molecule has 0 bridgehead atoms. The van der Waals surface area contributed by atoms with E-state index in [0.717, 1.165) is 11.1 Å². The van der Waals surface area contributed by atoms with Gasteiger partial charge in [-0.25, -0.2) is 0 Å². The summed E-state index contributed by atoms with van der Waals surface area (Å²) in [5.41, 5.74) is 0.625. The molecule has 0 fully saturated rings. The lowest BCUT2D eigenvalue weighted by atomic mass is 10.2. The van der Waals surface area contributed by atoms with Crippen LogP contribution in [0.5, 0.6) is 11.5 Å². The number of carbonyl (C=O) groups is 2. The van der Waals surface area contributed by atoms with E-state index in [4.69, 9.17) is 18.9 Å². The molecule has 0 radical (unpaired) electrons. The Hall–Kier alpha value is -5.24. The number of rotatable bonds is 19. The first-order chi connectivity index (χ1) is 23.9. The maximum absolute atomic E-state index is 13.7. The van der Waals surface area contributed by atoms with Crippen LogP contribution in [-0.4, -0.2) is 67.6 Å². The van der Waals surface area contributed by atoms with Crippen molar-refractivity contribution in [3.05, 3.63) is 128 Å². The van der Waals surface area contributed by atoms with E-state index < -0.39 is 29.1 Å². The first kappa shape index (κ1) is 36.6. The standard InChI is InChI=1S/C36H43N5O8/c1-4-37-23-30(38-33(42)28-15-17-40(19-21-46-2)35(44)31(28)48-24-26-11-7-5-8-12-26)39-34(43)29-16-18-41(20-22-47-3)36(45)32(29)49-25-27-13-9-6-10-14-27/h5-18,30,37H,4,19-25H2,1-3H3,(H,38,42)(H,39,43). The van der Waals surface area contributed by atoms with Crippen LogP contribution in [0.2, 0.25) is 0 Å². The van der Waals surface area contributed by atoms with E-state index in [2.05, 4.69) is 16.0 Å². The topological polar surface area (TPSA) is 151 Å². The zero-order valence-electron chi connectivity index (χ0n) is 28.0. The van der Waals surface area contributed by atoms with Crippen molar-refractivity contribution in [2.75, 3.05) is 40.5 Å². The van der Waals surface area contributed by atoms with Crippen molar-refractivity contribution in [2.45, 2.75) is 39.4 Å². The van der Waals surface area contributed by atoms with Gasteiger partial charge in [-0.1, -0.05) is 67.6 Å². The number of ether oxygens (including phenoxy) is 4. The molecule has 4 rings (SSSR count). The van der Waals surface area contributed by atoms with Crippen molar-refractivity contribution < 1.29 is 28.5 Å². The monoisotopic (exact) mass is 673 g/mol. The highest BCUT2D eigenvalue weighted by Crippen LogP contribution is 2.17. The van der Waals surface area contributed by atoms with Gasteiger partial charge in [-0.05, 0) is 29.8 Å². The Morgan fingerprint density at radius 2 is 1.10 bits per heavy atom. The summed E-state index contributed by atoms with van der Waals surface area (Å²) in [6.07, 6.45) is 2.05. The Morgan fingerprint density at radius 3 is 1.49 bits per heavy atom. The zero-order valence-corrected chi connectivity index (χ0v) is 28.0. The smallest absolute Gasteiger partial charge is 0.293 e. The Bertz CT molecular complexity index is 1650. The maximum atomic E-state index is 13.7. The summed E-state index contributed by atoms with van der Waals surface area (Å²) in [6.45, 7) is 3.78. The van der Waals surface area contributed by atoms with Gasteiger partial charge in [0.2, 0.25) is 0 Å². The predicted molar refractivity (Wildman–Crippen MR) is 184 cm³/mol. The maximum Gasteiger partial charge on any atom is 0.293 e. The number of nitrogens with one attached hydrogen (secondary N) is 3. The molecular weight excluding hydrogens is 630 g/mol. The van der Waals surface area contributed by atoms with Crippen molar-refractivity contribution >= 4 is 11.8 Å². The molecule has 2 heterocycles. The molecule has 13 nitrogen and oxygen atoms in total. The Morgan fingerprint density at radius 1 is 0.673 bits per heavy atom. The Labute approximate surface area is 284 Å². The molecule has 0 aliphatic carbocycles. The number of hydrogen-bond donors (Lipinski definition) is 3. The van der Waals surface area contributed by atoms with Crippen LogP contribution in [0.15, 0.2) is 94.8 Å². The van der Waals surface area contributed by atoms with Crippen molar-refractivity contribution in [1.29, 1.82) is 0 Å². The van der Waals surface area contributed by atoms with Gasteiger partial charge in [-0.15, -0.1) is 0 Å². The van der Waals surface area contributed by atoms with Crippen LogP contribution in [0, 0.1) is 0 Å². The fourth-order valence-corrected chi connectivity index (χ4v) is 4.83. The van der Waals surface area contributed by atoms with E-state index in [0.29, 0.717) is 6.54 Å². The Balaban J connectivity index is 1.60. The van der Waals surface area contributed by atoms with Gasteiger partial charge in [-0.3, -0.25) is 19.2 Å². The number of amides is 2. The molecule has 2 aromatic carbocycles. The molecular formula is C36H43N5O8. The minimum absolute atomic E-state index is 0.00188. The van der Waals surface area contributed by atoms with Crippen LogP contribution in [0.4, 0.5) is 0 Å². The molecule has 0 unspecified atom stereocenters. The fraction of sp³-hybridized carbons (Fsp3) is 0.333. The molecule has 0 saturated carbocycles. The van der Waals surface area contributed by atoms with E-state index in [9.17, 15) is 19.2 Å². The highest BCUT2D eigenvalue weighted by atomic mass is 16.5. The molecule has 2 amide bonds. The molecule has 13 heteroatoms. The minimum Gasteiger partial charge on any atom is -0.482 e. The summed E-state index contributed by atoms with van der Waals surface area (Å²) in [5.74, 6) is -1.55. The van der Waals surface area contributed by atoms with Crippen molar-refractivity contribution in [1.82, 2.24) is 25.1 Å². The molecule has 260 valence electrons. The number of nitrogens with zero attached hydrogens (tertiary/aromatic N) is 2. The normalized spacial score (nSPS) is 10.9. The van der Waals surface area contributed by atoms with E-state index in [-0.39, 0.29) is 68.7 Å². The highest BCUT2D eigenvalue weighted by Gasteiger charge is 2.25. The van der Waals surface area contributed by atoms with Gasteiger partial charge < -0.3 is 44.0 Å². The highest BCUT2D eigenvalue weighted by molar-refractivity contribution is 5.99. The number of likely N-dealkylation sites (N-methyl/N-ethyl adjacent to an activating group) is 1.